The normalized spacial score (nSPS) is 12.5. The number of rotatable bonds is 3. The maximum absolute atomic E-state index is 6.18. The fraction of sp³-hybridized carbons (Fsp3) is 0.118. The number of nitrogens with one attached hydrogen (secondary N) is 1. The Kier molecular flexibility index (Phi) is 4.42. The molecule has 3 rings (SSSR count). The summed E-state index contributed by atoms with van der Waals surface area (Å²) in [7, 11) is 1.97. The SMILES string of the molecule is CNC(c1cc(Cl)ccc1I)c1cccc2ccncc12. The van der Waals surface area contributed by atoms with E-state index in [0.717, 1.165) is 10.4 Å². The molecule has 1 N–H and O–H groups in total. The van der Waals surface area contributed by atoms with Crippen LogP contribution in [0.5, 0.6) is 0 Å². The van der Waals surface area contributed by atoms with Gasteiger partial charge in [0.15, 0.2) is 0 Å². The number of hydrogen-bond acceptors (Lipinski definition) is 2. The third-order valence-corrected chi connectivity index (χ3v) is 4.80. The molecule has 0 bridgehead atoms. The molecule has 1 atom stereocenters. The van der Waals surface area contributed by atoms with Gasteiger partial charge in [-0.15, -0.1) is 0 Å². The minimum atomic E-state index is 0.0866. The number of aromatic nitrogens is 1. The van der Waals surface area contributed by atoms with E-state index in [-0.39, 0.29) is 6.04 Å². The van der Waals surface area contributed by atoms with Gasteiger partial charge in [0.2, 0.25) is 0 Å². The van der Waals surface area contributed by atoms with Crippen LogP contribution >= 0.6 is 34.2 Å². The number of pyridine rings is 1. The first-order valence-electron chi connectivity index (χ1n) is 6.65. The quantitative estimate of drug-likeness (QED) is 0.630. The Hall–Kier alpha value is -1.17. The maximum atomic E-state index is 6.18. The summed E-state index contributed by atoms with van der Waals surface area (Å²) in [5.74, 6) is 0. The van der Waals surface area contributed by atoms with E-state index in [0.29, 0.717) is 0 Å². The van der Waals surface area contributed by atoms with Crippen LogP contribution in [0.2, 0.25) is 5.02 Å². The molecule has 106 valence electrons. The monoisotopic (exact) mass is 408 g/mol. The lowest BCUT2D eigenvalue weighted by Gasteiger charge is -2.20. The average molecular weight is 409 g/mol. The molecule has 0 aliphatic carbocycles. The zero-order chi connectivity index (χ0) is 14.8. The summed E-state index contributed by atoms with van der Waals surface area (Å²) in [5.41, 5.74) is 2.39. The molecule has 1 unspecified atom stereocenters. The second-order valence-corrected chi connectivity index (χ2v) is 6.43. The molecule has 2 aromatic carbocycles. The number of hydrogen-bond donors (Lipinski definition) is 1. The third kappa shape index (κ3) is 2.91. The summed E-state index contributed by atoms with van der Waals surface area (Å²) in [6.07, 6.45) is 3.75. The molecule has 0 saturated carbocycles. The van der Waals surface area contributed by atoms with Crippen molar-refractivity contribution in [2.45, 2.75) is 6.04 Å². The lowest BCUT2D eigenvalue weighted by Crippen LogP contribution is -2.19. The molecule has 0 aliphatic heterocycles. The van der Waals surface area contributed by atoms with E-state index < -0.39 is 0 Å². The van der Waals surface area contributed by atoms with Gasteiger partial charge in [0.05, 0.1) is 6.04 Å². The summed E-state index contributed by atoms with van der Waals surface area (Å²) in [6, 6.07) is 14.4. The van der Waals surface area contributed by atoms with Crippen molar-refractivity contribution in [2.75, 3.05) is 7.05 Å². The topological polar surface area (TPSA) is 24.9 Å². The standard InChI is InChI=1S/C17H14ClIN2/c1-20-17(14-9-12(18)5-6-16(14)19)13-4-2-3-11-7-8-21-10-15(11)13/h2-10,17,20H,1H3. The van der Waals surface area contributed by atoms with Gasteiger partial charge in [-0.25, -0.2) is 0 Å². The molecule has 0 saturated heterocycles. The lowest BCUT2D eigenvalue weighted by molar-refractivity contribution is 0.693. The van der Waals surface area contributed by atoms with E-state index >= 15 is 0 Å². The number of nitrogens with zero attached hydrogens (tertiary/aromatic N) is 1. The van der Waals surface area contributed by atoms with Crippen molar-refractivity contribution in [3.05, 3.63) is 74.6 Å². The Labute approximate surface area is 142 Å². The Morgan fingerprint density at radius 3 is 2.81 bits per heavy atom. The van der Waals surface area contributed by atoms with Gasteiger partial charge in [0.25, 0.3) is 0 Å². The second-order valence-electron chi connectivity index (χ2n) is 4.83. The van der Waals surface area contributed by atoms with Crippen LogP contribution in [0.4, 0.5) is 0 Å². The molecule has 0 aliphatic rings. The van der Waals surface area contributed by atoms with Crippen LogP contribution in [0.25, 0.3) is 10.8 Å². The van der Waals surface area contributed by atoms with Crippen molar-refractivity contribution in [1.82, 2.24) is 10.3 Å². The number of benzene rings is 2. The van der Waals surface area contributed by atoms with Gasteiger partial charge < -0.3 is 5.32 Å². The van der Waals surface area contributed by atoms with Crippen LogP contribution in [0, 0.1) is 3.57 Å². The van der Waals surface area contributed by atoms with Gasteiger partial charge in [-0.2, -0.15) is 0 Å². The van der Waals surface area contributed by atoms with Crippen molar-refractivity contribution >= 4 is 45.0 Å². The van der Waals surface area contributed by atoms with Crippen LogP contribution < -0.4 is 5.32 Å². The highest BCUT2D eigenvalue weighted by Gasteiger charge is 2.17. The Bertz CT molecular complexity index is 783. The lowest BCUT2D eigenvalue weighted by atomic mass is 9.95. The molecule has 0 radical (unpaired) electrons. The molecular weight excluding hydrogens is 395 g/mol. The van der Waals surface area contributed by atoms with E-state index in [1.165, 1.54) is 20.1 Å². The van der Waals surface area contributed by atoms with Crippen molar-refractivity contribution in [3.63, 3.8) is 0 Å². The highest BCUT2D eigenvalue weighted by molar-refractivity contribution is 14.1. The number of fused-ring (bicyclic) bond motifs is 1. The average Bonchev–Trinajstić information content (AvgIpc) is 2.51. The summed E-state index contributed by atoms with van der Waals surface area (Å²) in [4.78, 5) is 4.27. The molecule has 0 spiro atoms. The van der Waals surface area contributed by atoms with Crippen molar-refractivity contribution in [3.8, 4) is 0 Å². The summed E-state index contributed by atoms with van der Waals surface area (Å²) < 4.78 is 1.19. The first-order valence-corrected chi connectivity index (χ1v) is 8.11. The third-order valence-electron chi connectivity index (χ3n) is 3.59. The predicted octanol–water partition coefficient (Wildman–Crippen LogP) is 4.80. The van der Waals surface area contributed by atoms with E-state index in [1.54, 1.807) is 0 Å². The van der Waals surface area contributed by atoms with Crippen molar-refractivity contribution in [1.29, 1.82) is 0 Å². The Morgan fingerprint density at radius 2 is 2.00 bits per heavy atom. The maximum Gasteiger partial charge on any atom is 0.0591 e. The first-order chi connectivity index (χ1) is 10.2. The van der Waals surface area contributed by atoms with Crippen LogP contribution in [0.1, 0.15) is 17.2 Å². The Balaban J connectivity index is 2.21. The summed E-state index contributed by atoms with van der Waals surface area (Å²) in [6.45, 7) is 0. The summed E-state index contributed by atoms with van der Waals surface area (Å²) >= 11 is 8.53. The fourth-order valence-electron chi connectivity index (χ4n) is 2.60. The predicted molar refractivity (Wildman–Crippen MR) is 96.8 cm³/mol. The van der Waals surface area contributed by atoms with E-state index in [4.69, 9.17) is 11.6 Å². The van der Waals surface area contributed by atoms with Gasteiger partial charge in [-0.3, -0.25) is 4.98 Å². The van der Waals surface area contributed by atoms with Gasteiger partial charge in [-0.05, 0) is 70.4 Å². The molecule has 4 heteroatoms. The van der Waals surface area contributed by atoms with E-state index in [9.17, 15) is 0 Å². The van der Waals surface area contributed by atoms with Crippen LogP contribution in [-0.2, 0) is 0 Å². The smallest absolute Gasteiger partial charge is 0.0591 e. The van der Waals surface area contributed by atoms with Gasteiger partial charge in [-0.1, -0.05) is 29.8 Å². The minimum Gasteiger partial charge on any atom is -0.309 e. The molecule has 21 heavy (non-hydrogen) atoms. The molecule has 0 amide bonds. The van der Waals surface area contributed by atoms with Crippen molar-refractivity contribution in [2.24, 2.45) is 0 Å². The molecule has 0 fully saturated rings. The zero-order valence-electron chi connectivity index (χ0n) is 11.5. The minimum absolute atomic E-state index is 0.0866. The van der Waals surface area contributed by atoms with E-state index in [2.05, 4.69) is 51.1 Å². The van der Waals surface area contributed by atoms with Gasteiger partial charge in [0, 0.05) is 26.4 Å². The highest BCUT2D eigenvalue weighted by Crippen LogP contribution is 2.32. The zero-order valence-corrected chi connectivity index (χ0v) is 14.4. The molecule has 1 heterocycles. The molecular formula is C17H14ClIN2. The highest BCUT2D eigenvalue weighted by atomic mass is 127. The van der Waals surface area contributed by atoms with Gasteiger partial charge >= 0.3 is 0 Å². The second kappa shape index (κ2) is 6.30. The Morgan fingerprint density at radius 1 is 1.14 bits per heavy atom. The molecule has 2 nitrogen and oxygen atoms in total. The first kappa shape index (κ1) is 14.8. The van der Waals surface area contributed by atoms with Crippen LogP contribution in [-0.4, -0.2) is 12.0 Å². The molecule has 1 aromatic heterocycles. The number of halogens is 2. The summed E-state index contributed by atoms with van der Waals surface area (Å²) in [5, 5.41) is 6.51. The van der Waals surface area contributed by atoms with Crippen LogP contribution in [0.3, 0.4) is 0 Å². The molecule has 3 aromatic rings. The largest absolute Gasteiger partial charge is 0.309 e. The van der Waals surface area contributed by atoms with Crippen molar-refractivity contribution < 1.29 is 0 Å². The fourth-order valence-corrected chi connectivity index (χ4v) is 3.43. The van der Waals surface area contributed by atoms with E-state index in [1.807, 2.05) is 43.7 Å². The van der Waals surface area contributed by atoms with Gasteiger partial charge in [0.1, 0.15) is 0 Å². The van der Waals surface area contributed by atoms with Crippen LogP contribution in [0.15, 0.2) is 54.9 Å².